The van der Waals surface area contributed by atoms with Gasteiger partial charge in [-0.25, -0.2) is 4.98 Å². The minimum absolute atomic E-state index is 0.354. The maximum absolute atomic E-state index is 5.63. The lowest BCUT2D eigenvalue weighted by Crippen LogP contribution is -2.00. The van der Waals surface area contributed by atoms with Gasteiger partial charge in [0, 0.05) is 13.6 Å². The van der Waals surface area contributed by atoms with E-state index in [9.17, 15) is 0 Å². The summed E-state index contributed by atoms with van der Waals surface area (Å²) in [6.45, 7) is 2.78. The van der Waals surface area contributed by atoms with Crippen LogP contribution in [0.5, 0.6) is 17.4 Å². The zero-order valence-corrected chi connectivity index (χ0v) is 10.5. The number of aromatic nitrogens is 4. The Balaban J connectivity index is 2.28. The van der Waals surface area contributed by atoms with Crippen molar-refractivity contribution in [1.82, 2.24) is 19.7 Å². The van der Waals surface area contributed by atoms with Gasteiger partial charge in [0.05, 0.1) is 19.5 Å². The molecule has 2 aromatic rings. The molecule has 0 radical (unpaired) electrons. The fraction of sp³-hybridized carbons (Fsp3) is 0.364. The average molecular weight is 249 g/mol. The number of nitrogens with zero attached hydrogens (tertiary/aromatic N) is 4. The number of ether oxygens (including phenoxy) is 2. The van der Waals surface area contributed by atoms with Gasteiger partial charge in [0.1, 0.15) is 6.33 Å². The molecule has 2 heterocycles. The highest BCUT2D eigenvalue weighted by atomic mass is 16.5. The Morgan fingerprint density at radius 1 is 1.39 bits per heavy atom. The average Bonchev–Trinajstić information content (AvgIpc) is 2.86. The van der Waals surface area contributed by atoms with Crippen LogP contribution < -0.4 is 14.8 Å². The molecule has 0 saturated heterocycles. The van der Waals surface area contributed by atoms with Crippen molar-refractivity contribution in [3.8, 4) is 17.4 Å². The van der Waals surface area contributed by atoms with Crippen LogP contribution in [0.2, 0.25) is 0 Å². The predicted octanol–water partition coefficient (Wildman–Crippen LogP) is 1.54. The van der Waals surface area contributed by atoms with Crippen LogP contribution in [0.4, 0.5) is 5.82 Å². The van der Waals surface area contributed by atoms with Crippen molar-refractivity contribution in [2.75, 3.05) is 19.5 Å². The van der Waals surface area contributed by atoms with Crippen LogP contribution in [0.25, 0.3) is 0 Å². The van der Waals surface area contributed by atoms with Crippen molar-refractivity contribution >= 4 is 5.82 Å². The number of hydrogen-bond donors (Lipinski definition) is 1. The molecule has 96 valence electrons. The third-order valence-corrected chi connectivity index (χ3v) is 2.36. The third kappa shape index (κ3) is 2.34. The Kier molecular flexibility index (Phi) is 3.61. The fourth-order valence-corrected chi connectivity index (χ4v) is 1.47. The zero-order chi connectivity index (χ0) is 13.0. The second-order valence-corrected chi connectivity index (χ2v) is 3.44. The first-order chi connectivity index (χ1) is 8.78. The number of anilines is 1. The molecule has 0 spiro atoms. The Morgan fingerprint density at radius 3 is 2.83 bits per heavy atom. The maximum atomic E-state index is 5.63. The monoisotopic (exact) mass is 249 g/mol. The molecule has 0 saturated carbocycles. The Hall–Kier alpha value is -2.31. The largest absolute Gasteiger partial charge is 0.489 e. The van der Waals surface area contributed by atoms with Gasteiger partial charge in [-0.2, -0.15) is 10.1 Å². The standard InChI is InChI=1S/C11H15N5O2/c1-4-16-6-8(5-15-16)18-11-9(17-3)10(12-2)13-7-14-11/h5-7H,4H2,1-3H3,(H,12,13,14). The van der Waals surface area contributed by atoms with Crippen LogP contribution in [-0.4, -0.2) is 33.9 Å². The van der Waals surface area contributed by atoms with Gasteiger partial charge in [0.25, 0.3) is 5.88 Å². The molecule has 0 aromatic carbocycles. The van der Waals surface area contributed by atoms with Gasteiger partial charge in [0.15, 0.2) is 11.6 Å². The van der Waals surface area contributed by atoms with E-state index in [1.807, 2.05) is 6.92 Å². The van der Waals surface area contributed by atoms with Crippen LogP contribution in [0, 0.1) is 0 Å². The summed E-state index contributed by atoms with van der Waals surface area (Å²) in [5.74, 6) is 2.00. The normalized spacial score (nSPS) is 10.2. The van der Waals surface area contributed by atoms with Crippen LogP contribution >= 0.6 is 0 Å². The SMILES string of the molecule is CCn1cc(Oc2ncnc(NC)c2OC)cn1. The molecule has 0 amide bonds. The number of methoxy groups -OCH3 is 1. The van der Waals surface area contributed by atoms with E-state index in [2.05, 4.69) is 20.4 Å². The highest BCUT2D eigenvalue weighted by Crippen LogP contribution is 2.33. The zero-order valence-electron chi connectivity index (χ0n) is 10.5. The summed E-state index contributed by atoms with van der Waals surface area (Å²) in [6, 6.07) is 0. The second-order valence-electron chi connectivity index (χ2n) is 3.44. The van der Waals surface area contributed by atoms with Crippen molar-refractivity contribution in [2.45, 2.75) is 13.5 Å². The van der Waals surface area contributed by atoms with Crippen molar-refractivity contribution in [3.05, 3.63) is 18.7 Å². The summed E-state index contributed by atoms with van der Waals surface area (Å²) < 4.78 is 12.6. The van der Waals surface area contributed by atoms with Crippen molar-refractivity contribution in [1.29, 1.82) is 0 Å². The molecular weight excluding hydrogens is 234 g/mol. The molecule has 7 heteroatoms. The molecule has 7 nitrogen and oxygen atoms in total. The van der Waals surface area contributed by atoms with Crippen LogP contribution in [0.1, 0.15) is 6.92 Å². The first-order valence-corrected chi connectivity index (χ1v) is 5.55. The molecule has 1 N–H and O–H groups in total. The lowest BCUT2D eigenvalue weighted by atomic mass is 10.5. The van der Waals surface area contributed by atoms with Gasteiger partial charge in [-0.05, 0) is 6.92 Å². The molecule has 0 unspecified atom stereocenters. The van der Waals surface area contributed by atoms with Gasteiger partial charge in [-0.1, -0.05) is 0 Å². The van der Waals surface area contributed by atoms with Crippen molar-refractivity contribution in [3.63, 3.8) is 0 Å². The van der Waals surface area contributed by atoms with Crippen LogP contribution in [-0.2, 0) is 6.54 Å². The lowest BCUT2D eigenvalue weighted by Gasteiger charge is -2.10. The number of aryl methyl sites for hydroxylation is 1. The highest BCUT2D eigenvalue weighted by Gasteiger charge is 2.13. The second kappa shape index (κ2) is 5.35. The number of hydrogen-bond acceptors (Lipinski definition) is 6. The Labute approximate surface area is 105 Å². The van der Waals surface area contributed by atoms with Gasteiger partial charge in [-0.3, -0.25) is 4.68 Å². The topological polar surface area (TPSA) is 74.1 Å². The predicted molar refractivity (Wildman–Crippen MR) is 66.1 cm³/mol. The van der Waals surface area contributed by atoms with Gasteiger partial charge in [-0.15, -0.1) is 0 Å². The first kappa shape index (κ1) is 12.2. The van der Waals surface area contributed by atoms with E-state index in [-0.39, 0.29) is 0 Å². The van der Waals surface area contributed by atoms with Gasteiger partial charge in [0.2, 0.25) is 5.75 Å². The Morgan fingerprint density at radius 2 is 2.22 bits per heavy atom. The summed E-state index contributed by atoms with van der Waals surface area (Å²) >= 11 is 0. The molecule has 0 aliphatic carbocycles. The van der Waals surface area contributed by atoms with E-state index in [4.69, 9.17) is 9.47 Å². The molecule has 0 atom stereocenters. The molecule has 0 aliphatic rings. The smallest absolute Gasteiger partial charge is 0.268 e. The van der Waals surface area contributed by atoms with Crippen LogP contribution in [0.3, 0.4) is 0 Å². The van der Waals surface area contributed by atoms with Crippen LogP contribution in [0.15, 0.2) is 18.7 Å². The fourth-order valence-electron chi connectivity index (χ4n) is 1.47. The third-order valence-electron chi connectivity index (χ3n) is 2.36. The van der Waals surface area contributed by atoms with E-state index in [1.165, 1.54) is 6.33 Å². The van der Waals surface area contributed by atoms with E-state index < -0.39 is 0 Å². The van der Waals surface area contributed by atoms with E-state index in [1.54, 1.807) is 31.2 Å². The molecular formula is C11H15N5O2. The van der Waals surface area contributed by atoms with Crippen molar-refractivity contribution in [2.24, 2.45) is 0 Å². The molecule has 18 heavy (non-hydrogen) atoms. The lowest BCUT2D eigenvalue weighted by molar-refractivity contribution is 0.369. The molecule has 2 aromatic heterocycles. The summed E-state index contributed by atoms with van der Waals surface area (Å²) in [5, 5.41) is 7.03. The molecule has 2 rings (SSSR count). The number of nitrogens with one attached hydrogen (secondary N) is 1. The van der Waals surface area contributed by atoms with E-state index in [0.29, 0.717) is 23.2 Å². The minimum atomic E-state index is 0.354. The van der Waals surface area contributed by atoms with Gasteiger partial charge < -0.3 is 14.8 Å². The summed E-state index contributed by atoms with van der Waals surface area (Å²) in [7, 11) is 3.30. The van der Waals surface area contributed by atoms with E-state index >= 15 is 0 Å². The highest BCUT2D eigenvalue weighted by molar-refractivity contribution is 5.55. The summed E-state index contributed by atoms with van der Waals surface area (Å²) in [4.78, 5) is 8.10. The minimum Gasteiger partial charge on any atom is -0.489 e. The Bertz CT molecular complexity index is 526. The summed E-state index contributed by atoms with van der Waals surface area (Å²) in [6.07, 6.45) is 4.83. The first-order valence-electron chi connectivity index (χ1n) is 5.55. The molecule has 0 aliphatic heterocycles. The quantitative estimate of drug-likeness (QED) is 0.866. The van der Waals surface area contributed by atoms with Gasteiger partial charge >= 0.3 is 0 Å². The number of rotatable bonds is 5. The van der Waals surface area contributed by atoms with E-state index in [0.717, 1.165) is 6.54 Å². The molecule has 0 fully saturated rings. The van der Waals surface area contributed by atoms with Crippen molar-refractivity contribution < 1.29 is 9.47 Å². The summed E-state index contributed by atoms with van der Waals surface area (Å²) in [5.41, 5.74) is 0. The maximum Gasteiger partial charge on any atom is 0.268 e. The molecule has 0 bridgehead atoms.